The fourth-order valence-electron chi connectivity index (χ4n) is 1.51. The number of aryl methyl sites for hydroxylation is 1. The molecular weight excluding hydrogens is 220 g/mol. The number of nitrogens with zero attached hydrogens (tertiary/aromatic N) is 1. The van der Waals surface area contributed by atoms with Crippen LogP contribution in [0, 0.1) is 12.8 Å². The molecule has 0 saturated heterocycles. The Morgan fingerprint density at radius 1 is 1.59 bits per heavy atom. The highest BCUT2D eigenvalue weighted by molar-refractivity contribution is 5.89. The van der Waals surface area contributed by atoms with Gasteiger partial charge in [0.05, 0.1) is 17.9 Å². The standard InChI is InChI=1S/C12H18N2O3/c1-8(7-17-3)6-13-11-5-4-10(12(15)16)9(2)14-11/h4-5,8H,6-7H2,1-3H3,(H,13,14)(H,15,16). The molecule has 5 nitrogen and oxygen atoms in total. The van der Waals surface area contributed by atoms with E-state index in [2.05, 4.69) is 17.2 Å². The lowest BCUT2D eigenvalue weighted by Gasteiger charge is -2.12. The second-order valence-electron chi connectivity index (χ2n) is 4.08. The van der Waals surface area contributed by atoms with Crippen LogP contribution in [0.15, 0.2) is 12.1 Å². The number of carboxylic acid groups (broad SMARTS) is 1. The molecule has 17 heavy (non-hydrogen) atoms. The van der Waals surface area contributed by atoms with E-state index in [-0.39, 0.29) is 5.56 Å². The first kappa shape index (κ1) is 13.4. The Morgan fingerprint density at radius 3 is 2.82 bits per heavy atom. The number of carboxylic acids is 1. The van der Waals surface area contributed by atoms with Gasteiger partial charge in [-0.3, -0.25) is 0 Å². The molecular formula is C12H18N2O3. The Hall–Kier alpha value is -1.62. The number of aromatic carboxylic acids is 1. The molecule has 1 atom stereocenters. The van der Waals surface area contributed by atoms with Crippen LogP contribution in [0.5, 0.6) is 0 Å². The lowest BCUT2D eigenvalue weighted by atomic mass is 10.2. The predicted octanol–water partition coefficient (Wildman–Crippen LogP) is 1.78. The molecule has 0 bridgehead atoms. The highest BCUT2D eigenvalue weighted by Crippen LogP contribution is 2.11. The van der Waals surface area contributed by atoms with Crippen LogP contribution < -0.4 is 5.32 Å². The fourth-order valence-corrected chi connectivity index (χ4v) is 1.51. The summed E-state index contributed by atoms with van der Waals surface area (Å²) in [4.78, 5) is 15.0. The molecule has 0 radical (unpaired) electrons. The Labute approximate surface area is 101 Å². The van der Waals surface area contributed by atoms with E-state index in [1.165, 1.54) is 0 Å². The van der Waals surface area contributed by atoms with Crippen LogP contribution in [0.25, 0.3) is 0 Å². The molecule has 1 unspecified atom stereocenters. The Balaban J connectivity index is 2.62. The zero-order chi connectivity index (χ0) is 12.8. The van der Waals surface area contributed by atoms with Gasteiger partial charge < -0.3 is 15.2 Å². The number of rotatable bonds is 6. The maximum Gasteiger partial charge on any atom is 0.337 e. The number of pyridine rings is 1. The average molecular weight is 238 g/mol. The molecule has 0 aromatic carbocycles. The first-order valence-electron chi connectivity index (χ1n) is 5.48. The topological polar surface area (TPSA) is 71.5 Å². The van der Waals surface area contributed by atoms with Crippen molar-refractivity contribution < 1.29 is 14.6 Å². The molecule has 5 heteroatoms. The number of anilines is 1. The lowest BCUT2D eigenvalue weighted by Crippen LogP contribution is -2.16. The zero-order valence-electron chi connectivity index (χ0n) is 10.4. The third-order valence-corrected chi connectivity index (χ3v) is 2.40. The molecule has 0 spiro atoms. The van der Waals surface area contributed by atoms with Gasteiger partial charge in [0, 0.05) is 13.7 Å². The molecule has 0 saturated carbocycles. The van der Waals surface area contributed by atoms with Crippen LogP contribution in [0.4, 0.5) is 5.82 Å². The van der Waals surface area contributed by atoms with Gasteiger partial charge in [-0.15, -0.1) is 0 Å². The third kappa shape index (κ3) is 4.03. The Kier molecular flexibility index (Phi) is 4.90. The van der Waals surface area contributed by atoms with Gasteiger partial charge in [-0.1, -0.05) is 6.92 Å². The molecule has 0 aliphatic rings. The van der Waals surface area contributed by atoms with Crippen molar-refractivity contribution in [2.45, 2.75) is 13.8 Å². The highest BCUT2D eigenvalue weighted by Gasteiger charge is 2.09. The summed E-state index contributed by atoms with van der Waals surface area (Å²) in [5, 5.41) is 12.0. The minimum Gasteiger partial charge on any atom is -0.478 e. The van der Waals surface area contributed by atoms with Crippen LogP contribution in [-0.4, -0.2) is 36.3 Å². The maximum atomic E-state index is 10.8. The van der Waals surface area contributed by atoms with E-state index in [4.69, 9.17) is 9.84 Å². The monoisotopic (exact) mass is 238 g/mol. The maximum absolute atomic E-state index is 10.8. The van der Waals surface area contributed by atoms with Gasteiger partial charge in [-0.2, -0.15) is 0 Å². The van der Waals surface area contributed by atoms with Gasteiger partial charge in [-0.25, -0.2) is 9.78 Å². The number of hydrogen-bond donors (Lipinski definition) is 2. The van der Waals surface area contributed by atoms with Gasteiger partial charge in [0.2, 0.25) is 0 Å². The van der Waals surface area contributed by atoms with Crippen molar-refractivity contribution in [3.05, 3.63) is 23.4 Å². The number of carbonyl (C=O) groups is 1. The van der Waals surface area contributed by atoms with Crippen LogP contribution in [0.3, 0.4) is 0 Å². The average Bonchev–Trinajstić information content (AvgIpc) is 2.26. The van der Waals surface area contributed by atoms with E-state index in [9.17, 15) is 4.79 Å². The zero-order valence-corrected chi connectivity index (χ0v) is 10.4. The lowest BCUT2D eigenvalue weighted by molar-refractivity contribution is 0.0695. The molecule has 94 valence electrons. The molecule has 0 amide bonds. The van der Waals surface area contributed by atoms with Gasteiger partial charge in [0.1, 0.15) is 5.82 Å². The second kappa shape index (κ2) is 6.20. The summed E-state index contributed by atoms with van der Waals surface area (Å²) in [6.45, 7) is 5.17. The molecule has 0 aliphatic heterocycles. The number of methoxy groups -OCH3 is 1. The summed E-state index contributed by atoms with van der Waals surface area (Å²) >= 11 is 0. The van der Waals surface area contributed by atoms with E-state index < -0.39 is 5.97 Å². The molecule has 0 fully saturated rings. The molecule has 0 aliphatic carbocycles. The summed E-state index contributed by atoms with van der Waals surface area (Å²) in [7, 11) is 1.67. The van der Waals surface area contributed by atoms with Crippen LogP contribution in [-0.2, 0) is 4.74 Å². The van der Waals surface area contributed by atoms with Crippen molar-refractivity contribution in [2.24, 2.45) is 5.92 Å². The summed E-state index contributed by atoms with van der Waals surface area (Å²) in [5.74, 6) is 0.117. The van der Waals surface area contributed by atoms with Crippen molar-refractivity contribution in [3.8, 4) is 0 Å². The third-order valence-electron chi connectivity index (χ3n) is 2.40. The quantitative estimate of drug-likeness (QED) is 0.790. The Bertz CT molecular complexity index is 393. The van der Waals surface area contributed by atoms with Crippen molar-refractivity contribution in [1.29, 1.82) is 0 Å². The molecule has 1 rings (SSSR count). The first-order valence-corrected chi connectivity index (χ1v) is 5.48. The highest BCUT2D eigenvalue weighted by atomic mass is 16.5. The van der Waals surface area contributed by atoms with Crippen LogP contribution in [0.1, 0.15) is 23.0 Å². The Morgan fingerprint density at radius 2 is 2.29 bits per heavy atom. The SMILES string of the molecule is COCC(C)CNc1ccc(C(=O)O)c(C)n1. The summed E-state index contributed by atoms with van der Waals surface area (Å²) in [6, 6.07) is 3.24. The first-order chi connectivity index (χ1) is 8.04. The number of nitrogens with one attached hydrogen (secondary N) is 1. The molecule has 1 aromatic heterocycles. The number of ether oxygens (including phenoxy) is 1. The largest absolute Gasteiger partial charge is 0.478 e. The minimum atomic E-state index is -0.950. The van der Waals surface area contributed by atoms with E-state index >= 15 is 0 Å². The summed E-state index contributed by atoms with van der Waals surface area (Å²) in [6.07, 6.45) is 0. The van der Waals surface area contributed by atoms with Crippen molar-refractivity contribution in [1.82, 2.24) is 4.98 Å². The van der Waals surface area contributed by atoms with E-state index in [0.29, 0.717) is 24.0 Å². The van der Waals surface area contributed by atoms with Gasteiger partial charge in [-0.05, 0) is 25.0 Å². The fraction of sp³-hybridized carbons (Fsp3) is 0.500. The van der Waals surface area contributed by atoms with E-state index in [1.807, 2.05) is 0 Å². The minimum absolute atomic E-state index is 0.237. The smallest absolute Gasteiger partial charge is 0.337 e. The van der Waals surface area contributed by atoms with Gasteiger partial charge >= 0.3 is 5.97 Å². The number of hydrogen-bond acceptors (Lipinski definition) is 4. The molecule has 1 heterocycles. The molecule has 2 N–H and O–H groups in total. The van der Waals surface area contributed by atoms with E-state index in [0.717, 1.165) is 6.54 Å². The second-order valence-corrected chi connectivity index (χ2v) is 4.08. The normalized spacial score (nSPS) is 12.2. The van der Waals surface area contributed by atoms with Crippen LogP contribution in [0.2, 0.25) is 0 Å². The van der Waals surface area contributed by atoms with Crippen molar-refractivity contribution >= 4 is 11.8 Å². The van der Waals surface area contributed by atoms with Crippen molar-refractivity contribution in [2.75, 3.05) is 25.6 Å². The van der Waals surface area contributed by atoms with Crippen molar-refractivity contribution in [3.63, 3.8) is 0 Å². The van der Waals surface area contributed by atoms with Gasteiger partial charge in [0.25, 0.3) is 0 Å². The summed E-state index contributed by atoms with van der Waals surface area (Å²) < 4.78 is 5.03. The summed E-state index contributed by atoms with van der Waals surface area (Å²) in [5.41, 5.74) is 0.752. The van der Waals surface area contributed by atoms with E-state index in [1.54, 1.807) is 26.2 Å². The molecule has 1 aromatic rings. The van der Waals surface area contributed by atoms with Gasteiger partial charge in [0.15, 0.2) is 0 Å². The number of aromatic nitrogens is 1. The van der Waals surface area contributed by atoms with Crippen LogP contribution >= 0.6 is 0 Å². The predicted molar refractivity (Wildman–Crippen MR) is 65.5 cm³/mol.